The number of thiophene rings is 1. The summed E-state index contributed by atoms with van der Waals surface area (Å²) in [5, 5.41) is 4.97. The third-order valence-corrected chi connectivity index (χ3v) is 7.98. The maximum Gasteiger partial charge on any atom is 0.243 e. The van der Waals surface area contributed by atoms with E-state index in [1.807, 2.05) is 24.4 Å². The first-order valence-electron chi connectivity index (χ1n) is 11.2. The second kappa shape index (κ2) is 11.7. The second-order valence-electron chi connectivity index (χ2n) is 8.17. The standard InChI is InChI=1S/C23H30FN3O4S2/c1-2-6-21(23(29)26-18-7-3-4-8-18)27(16-19-9-5-14-32-19)22(28)15-25-33(30,31)20-12-10-17(24)11-13-20/h5,9-14,18,21,25H,2-4,6-8,15-16H2,1H3,(H,26,29)/t21-/m0/s1. The van der Waals surface area contributed by atoms with Crippen LogP contribution in [-0.2, 0) is 26.2 Å². The molecule has 1 aliphatic carbocycles. The van der Waals surface area contributed by atoms with Crippen molar-refractivity contribution in [1.29, 1.82) is 0 Å². The van der Waals surface area contributed by atoms with Gasteiger partial charge in [-0.1, -0.05) is 32.3 Å². The summed E-state index contributed by atoms with van der Waals surface area (Å²) in [5.74, 6) is -1.24. The van der Waals surface area contributed by atoms with E-state index in [0.717, 1.165) is 54.8 Å². The number of nitrogens with zero attached hydrogens (tertiary/aromatic N) is 1. The lowest BCUT2D eigenvalue weighted by molar-refractivity contribution is -0.141. The maximum atomic E-state index is 13.2. The molecule has 2 aromatic rings. The minimum atomic E-state index is -4.01. The molecule has 0 radical (unpaired) electrons. The van der Waals surface area contributed by atoms with Gasteiger partial charge in [0.1, 0.15) is 11.9 Å². The Hall–Kier alpha value is -2.30. The van der Waals surface area contributed by atoms with Gasteiger partial charge in [-0.05, 0) is 55.0 Å². The van der Waals surface area contributed by atoms with Crippen LogP contribution in [0.25, 0.3) is 0 Å². The SMILES string of the molecule is CCC[C@@H](C(=O)NC1CCCC1)N(Cc1cccs1)C(=O)CNS(=O)(=O)c1ccc(F)cc1. The van der Waals surface area contributed by atoms with Crippen LogP contribution in [0.4, 0.5) is 4.39 Å². The number of halogens is 1. The lowest BCUT2D eigenvalue weighted by Gasteiger charge is -2.31. The summed E-state index contributed by atoms with van der Waals surface area (Å²) < 4.78 is 40.6. The van der Waals surface area contributed by atoms with Crippen LogP contribution in [0.5, 0.6) is 0 Å². The van der Waals surface area contributed by atoms with Crippen molar-refractivity contribution < 1.29 is 22.4 Å². The molecular weight excluding hydrogens is 465 g/mol. The molecule has 33 heavy (non-hydrogen) atoms. The molecule has 10 heteroatoms. The zero-order valence-corrected chi connectivity index (χ0v) is 20.3. The smallest absolute Gasteiger partial charge is 0.243 e. The van der Waals surface area contributed by atoms with E-state index in [9.17, 15) is 22.4 Å². The first-order valence-corrected chi connectivity index (χ1v) is 13.5. The summed E-state index contributed by atoms with van der Waals surface area (Å²) in [6, 6.07) is 7.54. The van der Waals surface area contributed by atoms with Gasteiger partial charge in [0.05, 0.1) is 18.0 Å². The molecule has 0 saturated heterocycles. The largest absolute Gasteiger partial charge is 0.352 e. The number of sulfonamides is 1. The van der Waals surface area contributed by atoms with E-state index in [4.69, 9.17) is 0 Å². The van der Waals surface area contributed by atoms with Gasteiger partial charge in [0, 0.05) is 10.9 Å². The predicted molar refractivity (Wildman–Crippen MR) is 126 cm³/mol. The zero-order chi connectivity index (χ0) is 23.8. The molecule has 1 heterocycles. The maximum absolute atomic E-state index is 13.2. The molecular formula is C23H30FN3O4S2. The van der Waals surface area contributed by atoms with E-state index < -0.39 is 34.3 Å². The van der Waals surface area contributed by atoms with E-state index in [-0.39, 0.29) is 23.4 Å². The molecule has 0 aliphatic heterocycles. The van der Waals surface area contributed by atoms with E-state index in [0.29, 0.717) is 12.8 Å². The Balaban J connectivity index is 1.76. The Morgan fingerprint density at radius 1 is 1.18 bits per heavy atom. The average Bonchev–Trinajstić information content (AvgIpc) is 3.49. The van der Waals surface area contributed by atoms with Crippen LogP contribution >= 0.6 is 11.3 Å². The third-order valence-electron chi connectivity index (χ3n) is 5.71. The van der Waals surface area contributed by atoms with Gasteiger partial charge < -0.3 is 10.2 Å². The number of carbonyl (C=O) groups excluding carboxylic acids is 2. The highest BCUT2D eigenvalue weighted by atomic mass is 32.2. The summed E-state index contributed by atoms with van der Waals surface area (Å²) >= 11 is 1.47. The molecule has 3 rings (SSSR count). The molecule has 7 nitrogen and oxygen atoms in total. The number of nitrogens with one attached hydrogen (secondary N) is 2. The van der Waals surface area contributed by atoms with Gasteiger partial charge in [0.25, 0.3) is 0 Å². The van der Waals surface area contributed by atoms with Gasteiger partial charge in [-0.15, -0.1) is 11.3 Å². The van der Waals surface area contributed by atoms with Gasteiger partial charge in [-0.3, -0.25) is 9.59 Å². The number of rotatable bonds is 11. The minimum absolute atomic E-state index is 0.118. The van der Waals surface area contributed by atoms with Gasteiger partial charge in [-0.25, -0.2) is 17.5 Å². The first kappa shape index (κ1) is 25.3. The van der Waals surface area contributed by atoms with E-state index in [1.165, 1.54) is 16.2 Å². The highest BCUT2D eigenvalue weighted by Gasteiger charge is 2.32. The Labute approximate surface area is 198 Å². The summed E-state index contributed by atoms with van der Waals surface area (Å²) in [6.07, 6.45) is 5.18. The molecule has 0 unspecified atom stereocenters. The molecule has 1 aromatic carbocycles. The van der Waals surface area contributed by atoms with E-state index in [1.54, 1.807) is 0 Å². The van der Waals surface area contributed by atoms with Gasteiger partial charge in [0.2, 0.25) is 21.8 Å². The van der Waals surface area contributed by atoms with E-state index in [2.05, 4.69) is 10.0 Å². The fourth-order valence-corrected chi connectivity index (χ4v) is 5.64. The number of hydrogen-bond donors (Lipinski definition) is 2. The summed E-state index contributed by atoms with van der Waals surface area (Å²) in [7, 11) is -4.01. The van der Waals surface area contributed by atoms with Crippen molar-refractivity contribution in [3.05, 3.63) is 52.5 Å². The Morgan fingerprint density at radius 3 is 2.48 bits per heavy atom. The van der Waals surface area contributed by atoms with Crippen LogP contribution < -0.4 is 10.0 Å². The molecule has 180 valence electrons. The molecule has 1 fully saturated rings. The summed E-state index contributed by atoms with van der Waals surface area (Å²) in [6.45, 7) is 1.67. The molecule has 2 N–H and O–H groups in total. The fraction of sp³-hybridized carbons (Fsp3) is 0.478. The van der Waals surface area contributed by atoms with Crippen molar-refractivity contribution in [1.82, 2.24) is 14.9 Å². The van der Waals surface area contributed by atoms with Gasteiger partial charge in [-0.2, -0.15) is 0 Å². The van der Waals surface area contributed by atoms with Crippen molar-refractivity contribution in [3.63, 3.8) is 0 Å². The highest BCUT2D eigenvalue weighted by molar-refractivity contribution is 7.89. The quantitative estimate of drug-likeness (QED) is 0.499. The second-order valence-corrected chi connectivity index (χ2v) is 11.0. The predicted octanol–water partition coefficient (Wildman–Crippen LogP) is 3.42. The fourth-order valence-electron chi connectivity index (χ4n) is 3.97. The van der Waals surface area contributed by atoms with Gasteiger partial charge >= 0.3 is 0 Å². The molecule has 1 aromatic heterocycles. The van der Waals surface area contributed by atoms with Crippen LogP contribution in [-0.4, -0.2) is 43.8 Å². The first-order chi connectivity index (χ1) is 15.8. The molecule has 2 amide bonds. The van der Waals surface area contributed by atoms with Crippen molar-refractivity contribution in [2.24, 2.45) is 0 Å². The highest BCUT2D eigenvalue weighted by Crippen LogP contribution is 2.21. The molecule has 0 spiro atoms. The number of carbonyl (C=O) groups is 2. The summed E-state index contributed by atoms with van der Waals surface area (Å²) in [5.41, 5.74) is 0. The summed E-state index contributed by atoms with van der Waals surface area (Å²) in [4.78, 5) is 28.6. The lowest BCUT2D eigenvalue weighted by Crippen LogP contribution is -2.53. The van der Waals surface area contributed by atoms with Crippen molar-refractivity contribution in [2.75, 3.05) is 6.54 Å². The minimum Gasteiger partial charge on any atom is -0.352 e. The van der Waals surface area contributed by atoms with Crippen molar-refractivity contribution >= 4 is 33.2 Å². The van der Waals surface area contributed by atoms with Crippen molar-refractivity contribution in [3.8, 4) is 0 Å². The zero-order valence-electron chi connectivity index (χ0n) is 18.6. The van der Waals surface area contributed by atoms with Crippen LogP contribution in [0.3, 0.4) is 0 Å². The normalized spacial score (nSPS) is 15.3. The van der Waals surface area contributed by atoms with Crippen LogP contribution in [0.15, 0.2) is 46.7 Å². The number of benzene rings is 1. The van der Waals surface area contributed by atoms with E-state index >= 15 is 0 Å². The molecule has 1 aliphatic rings. The Morgan fingerprint density at radius 2 is 1.88 bits per heavy atom. The average molecular weight is 496 g/mol. The van der Waals surface area contributed by atoms with Crippen molar-refractivity contribution in [2.45, 2.75) is 69.0 Å². The Bertz CT molecular complexity index is 1020. The molecule has 0 bridgehead atoms. The monoisotopic (exact) mass is 495 g/mol. The topological polar surface area (TPSA) is 95.6 Å². The molecule has 1 atom stereocenters. The van der Waals surface area contributed by atoms with Crippen LogP contribution in [0.1, 0.15) is 50.3 Å². The molecule has 1 saturated carbocycles. The number of hydrogen-bond acceptors (Lipinski definition) is 5. The Kier molecular flexibility index (Phi) is 8.99. The number of amides is 2. The lowest BCUT2D eigenvalue weighted by atomic mass is 10.1. The van der Waals surface area contributed by atoms with Crippen LogP contribution in [0.2, 0.25) is 0 Å². The third kappa shape index (κ3) is 7.09. The van der Waals surface area contributed by atoms with Crippen LogP contribution in [0, 0.1) is 5.82 Å². The van der Waals surface area contributed by atoms with Gasteiger partial charge in [0.15, 0.2) is 0 Å².